The molecule has 0 atom stereocenters. The number of aliphatic hydroxyl groups is 1. The number of anilines is 1. The van der Waals surface area contributed by atoms with Crippen LogP contribution in [0.5, 0.6) is 5.75 Å². The van der Waals surface area contributed by atoms with E-state index in [2.05, 4.69) is 5.32 Å². The summed E-state index contributed by atoms with van der Waals surface area (Å²) in [7, 11) is 0. The lowest BCUT2D eigenvalue weighted by Gasteiger charge is -2.29. The molecule has 0 aliphatic carbocycles. The van der Waals surface area contributed by atoms with Crippen LogP contribution in [0.1, 0.15) is 23.7 Å². The summed E-state index contributed by atoms with van der Waals surface area (Å²) in [6.45, 7) is 1.59. The number of benzene rings is 1. The van der Waals surface area contributed by atoms with E-state index in [0.717, 1.165) is 0 Å². The maximum Gasteiger partial charge on any atom is 0.265 e. The maximum atomic E-state index is 12.0. The van der Waals surface area contributed by atoms with E-state index in [1.807, 2.05) is 0 Å². The highest BCUT2D eigenvalue weighted by atomic mass is 16.5. The van der Waals surface area contributed by atoms with Crippen molar-refractivity contribution in [1.29, 1.82) is 0 Å². The molecular formula is C15H18N2O5. The van der Waals surface area contributed by atoms with Crippen molar-refractivity contribution in [2.75, 3.05) is 31.2 Å². The molecule has 1 aliphatic heterocycles. The summed E-state index contributed by atoms with van der Waals surface area (Å²) in [5, 5.41) is 11.2. The van der Waals surface area contributed by atoms with E-state index in [9.17, 15) is 14.4 Å². The topological polar surface area (TPSA) is 95.9 Å². The first-order valence-corrected chi connectivity index (χ1v) is 6.98. The van der Waals surface area contributed by atoms with Crippen molar-refractivity contribution < 1.29 is 24.2 Å². The molecule has 0 saturated heterocycles. The van der Waals surface area contributed by atoms with Crippen molar-refractivity contribution in [1.82, 2.24) is 5.32 Å². The van der Waals surface area contributed by atoms with Crippen LogP contribution in [0.15, 0.2) is 18.2 Å². The Bertz CT molecular complexity index is 600. The highest BCUT2D eigenvalue weighted by Crippen LogP contribution is 2.33. The number of carbonyl (C=O) groups excluding carboxylic acids is 3. The van der Waals surface area contributed by atoms with E-state index in [1.165, 1.54) is 11.8 Å². The number of aliphatic hydroxyl groups excluding tert-OH is 1. The minimum absolute atomic E-state index is 0.0926. The molecule has 2 rings (SSSR count). The third-order valence-electron chi connectivity index (χ3n) is 3.30. The van der Waals surface area contributed by atoms with Gasteiger partial charge in [-0.25, -0.2) is 0 Å². The van der Waals surface area contributed by atoms with Crippen LogP contribution < -0.4 is 15.0 Å². The number of ether oxygens (including phenoxy) is 1. The van der Waals surface area contributed by atoms with Gasteiger partial charge >= 0.3 is 0 Å². The molecule has 1 aromatic rings. The lowest BCUT2D eigenvalue weighted by molar-refractivity contribution is -0.122. The summed E-state index contributed by atoms with van der Waals surface area (Å²) in [5.41, 5.74) is 0.977. The minimum Gasteiger partial charge on any atom is -0.482 e. The number of hydrogen-bond acceptors (Lipinski definition) is 5. The van der Waals surface area contributed by atoms with Crippen molar-refractivity contribution in [3.05, 3.63) is 23.8 Å². The van der Waals surface area contributed by atoms with Crippen molar-refractivity contribution >= 4 is 23.3 Å². The Morgan fingerprint density at radius 3 is 2.86 bits per heavy atom. The molecule has 2 amide bonds. The molecule has 118 valence electrons. The van der Waals surface area contributed by atoms with Gasteiger partial charge in [0.25, 0.3) is 5.91 Å². The van der Waals surface area contributed by atoms with Gasteiger partial charge in [0.05, 0.1) is 12.3 Å². The number of hydrogen-bond donors (Lipinski definition) is 2. The Morgan fingerprint density at radius 2 is 2.18 bits per heavy atom. The Kier molecular flexibility index (Phi) is 5.11. The molecule has 0 fully saturated rings. The van der Waals surface area contributed by atoms with Gasteiger partial charge in [-0.05, 0) is 25.1 Å². The van der Waals surface area contributed by atoms with Gasteiger partial charge in [0.1, 0.15) is 5.75 Å². The molecular weight excluding hydrogens is 288 g/mol. The highest BCUT2D eigenvalue weighted by Gasteiger charge is 2.26. The number of ketones is 1. The number of rotatable bonds is 6. The number of amides is 2. The van der Waals surface area contributed by atoms with Crippen molar-refractivity contribution in [2.24, 2.45) is 0 Å². The van der Waals surface area contributed by atoms with Crippen molar-refractivity contribution in [3.63, 3.8) is 0 Å². The molecule has 0 bridgehead atoms. The Morgan fingerprint density at radius 1 is 1.41 bits per heavy atom. The van der Waals surface area contributed by atoms with Gasteiger partial charge in [-0.3, -0.25) is 14.4 Å². The van der Waals surface area contributed by atoms with Crippen LogP contribution in [0.3, 0.4) is 0 Å². The zero-order valence-electron chi connectivity index (χ0n) is 12.3. The number of carbonyl (C=O) groups is 3. The largest absolute Gasteiger partial charge is 0.482 e. The zero-order chi connectivity index (χ0) is 16.1. The minimum atomic E-state index is -0.261. The van der Waals surface area contributed by atoms with Gasteiger partial charge in [-0.1, -0.05) is 0 Å². The molecule has 22 heavy (non-hydrogen) atoms. The number of Topliss-reactive ketones (excluding diaryl/α,β-unsaturated/α-hetero) is 1. The van der Waals surface area contributed by atoms with Gasteiger partial charge < -0.3 is 20.1 Å². The third kappa shape index (κ3) is 3.62. The van der Waals surface area contributed by atoms with Crippen LogP contribution in [0.2, 0.25) is 0 Å². The van der Waals surface area contributed by atoms with Crippen LogP contribution in [0.4, 0.5) is 5.69 Å². The Hall–Kier alpha value is -2.41. The number of fused-ring (bicyclic) bond motifs is 1. The Balaban J connectivity index is 2.14. The average molecular weight is 306 g/mol. The van der Waals surface area contributed by atoms with Crippen molar-refractivity contribution in [3.8, 4) is 5.75 Å². The van der Waals surface area contributed by atoms with Gasteiger partial charge in [-0.2, -0.15) is 0 Å². The highest BCUT2D eigenvalue weighted by molar-refractivity contribution is 6.01. The number of nitrogens with one attached hydrogen (secondary N) is 1. The first kappa shape index (κ1) is 16.0. The van der Waals surface area contributed by atoms with E-state index in [1.54, 1.807) is 18.2 Å². The van der Waals surface area contributed by atoms with Crippen LogP contribution in [0, 0.1) is 0 Å². The standard InChI is InChI=1S/C15H18N2O5/c1-10(19)11-2-3-13-12(8-11)17(15(21)9-22-13)6-4-14(20)16-5-7-18/h2-3,8,18H,4-7,9H2,1H3,(H,16,20). The fourth-order valence-corrected chi connectivity index (χ4v) is 2.16. The maximum absolute atomic E-state index is 12.0. The zero-order valence-corrected chi connectivity index (χ0v) is 12.3. The molecule has 0 radical (unpaired) electrons. The van der Waals surface area contributed by atoms with Crippen molar-refractivity contribution in [2.45, 2.75) is 13.3 Å². The first-order chi connectivity index (χ1) is 10.5. The molecule has 2 N–H and O–H groups in total. The second kappa shape index (κ2) is 7.04. The smallest absolute Gasteiger partial charge is 0.265 e. The summed E-state index contributed by atoms with van der Waals surface area (Å²) >= 11 is 0. The summed E-state index contributed by atoms with van der Waals surface area (Å²) in [6, 6.07) is 4.89. The van der Waals surface area contributed by atoms with Gasteiger partial charge in [0.15, 0.2) is 12.4 Å². The second-order valence-electron chi connectivity index (χ2n) is 4.90. The quantitative estimate of drug-likeness (QED) is 0.727. The lowest BCUT2D eigenvalue weighted by atomic mass is 10.1. The van der Waals surface area contributed by atoms with Crippen LogP contribution in [-0.4, -0.2) is 49.0 Å². The second-order valence-corrected chi connectivity index (χ2v) is 4.90. The third-order valence-corrected chi connectivity index (χ3v) is 3.30. The molecule has 7 nitrogen and oxygen atoms in total. The van der Waals surface area contributed by atoms with Gasteiger partial charge in [0.2, 0.25) is 5.91 Å². The van der Waals surface area contributed by atoms with Gasteiger partial charge in [0, 0.05) is 25.1 Å². The normalized spacial score (nSPS) is 13.4. The average Bonchev–Trinajstić information content (AvgIpc) is 2.51. The predicted octanol–water partition coefficient (Wildman–Crippen LogP) is 0.113. The summed E-state index contributed by atoms with van der Waals surface area (Å²) < 4.78 is 5.34. The van der Waals surface area contributed by atoms with E-state index in [0.29, 0.717) is 17.0 Å². The SMILES string of the molecule is CC(=O)c1ccc2c(c1)N(CCC(=O)NCCO)C(=O)CO2. The van der Waals surface area contributed by atoms with E-state index in [-0.39, 0.29) is 50.3 Å². The summed E-state index contributed by atoms with van der Waals surface area (Å²) in [6.07, 6.45) is 0.107. The van der Waals surface area contributed by atoms with Crippen LogP contribution >= 0.6 is 0 Å². The fourth-order valence-electron chi connectivity index (χ4n) is 2.16. The molecule has 7 heteroatoms. The van der Waals surface area contributed by atoms with Crippen LogP contribution in [-0.2, 0) is 9.59 Å². The molecule has 0 spiro atoms. The molecule has 0 saturated carbocycles. The first-order valence-electron chi connectivity index (χ1n) is 6.98. The van der Waals surface area contributed by atoms with E-state index in [4.69, 9.17) is 9.84 Å². The van der Waals surface area contributed by atoms with E-state index >= 15 is 0 Å². The molecule has 1 aromatic carbocycles. The monoisotopic (exact) mass is 306 g/mol. The number of nitrogens with zero attached hydrogens (tertiary/aromatic N) is 1. The molecule has 1 heterocycles. The van der Waals surface area contributed by atoms with Crippen LogP contribution in [0.25, 0.3) is 0 Å². The molecule has 0 unspecified atom stereocenters. The molecule has 1 aliphatic rings. The predicted molar refractivity (Wildman–Crippen MR) is 79.0 cm³/mol. The summed E-state index contributed by atoms with van der Waals surface area (Å²) in [4.78, 5) is 36.5. The Labute approximate surface area is 127 Å². The molecule has 0 aromatic heterocycles. The van der Waals surface area contributed by atoms with E-state index < -0.39 is 0 Å². The lowest BCUT2D eigenvalue weighted by Crippen LogP contribution is -2.41. The summed E-state index contributed by atoms with van der Waals surface area (Å²) in [5.74, 6) is -0.109. The fraction of sp³-hybridized carbons (Fsp3) is 0.400. The van der Waals surface area contributed by atoms with Gasteiger partial charge in [-0.15, -0.1) is 0 Å².